The minimum Gasteiger partial charge on any atom is -0.479 e. The Kier molecular flexibility index (Phi) is 8.82. The third-order valence-electron chi connectivity index (χ3n) is 6.38. The van der Waals surface area contributed by atoms with Gasteiger partial charge in [0.1, 0.15) is 0 Å². The van der Waals surface area contributed by atoms with Gasteiger partial charge in [0.25, 0.3) is 0 Å². The lowest BCUT2D eigenvalue weighted by atomic mass is 9.79. The summed E-state index contributed by atoms with van der Waals surface area (Å²) in [5, 5.41) is 9.24. The van der Waals surface area contributed by atoms with Crippen LogP contribution >= 0.6 is 0 Å². The largest absolute Gasteiger partial charge is 0.479 e. The van der Waals surface area contributed by atoms with E-state index in [1.54, 1.807) is 24.7 Å². The first-order valence-corrected chi connectivity index (χ1v) is 13.2. The first kappa shape index (κ1) is 25.1. The Bertz CT molecular complexity index is 1030. The highest BCUT2D eigenvalue weighted by atomic mass is 32.2. The lowest BCUT2D eigenvalue weighted by molar-refractivity contribution is -0.151. The summed E-state index contributed by atoms with van der Waals surface area (Å²) in [5.41, 5.74) is 2.29. The molecule has 0 aliphatic heterocycles. The maximum absolute atomic E-state index is 11.8. The molecule has 1 aromatic heterocycles. The fraction of sp³-hybridized carbons (Fsp3) is 0.500. The van der Waals surface area contributed by atoms with Crippen molar-refractivity contribution in [2.45, 2.75) is 68.4 Å². The zero-order valence-corrected chi connectivity index (χ0v) is 19.8. The molecule has 0 spiro atoms. The number of imidazole rings is 1. The number of hydrogen-bond donors (Lipinski definition) is 2. The van der Waals surface area contributed by atoms with Gasteiger partial charge in [-0.15, -0.1) is 0 Å². The smallest absolute Gasteiger partial charge is 0.334 e. The van der Waals surface area contributed by atoms with Gasteiger partial charge in [0, 0.05) is 18.6 Å². The van der Waals surface area contributed by atoms with Crippen molar-refractivity contribution in [3.8, 4) is 0 Å². The molecule has 0 saturated heterocycles. The fourth-order valence-electron chi connectivity index (χ4n) is 4.61. The molecular formula is C24H33N3O5S. The number of carboxylic acid groups (broad SMARTS) is 1. The van der Waals surface area contributed by atoms with Gasteiger partial charge in [0.05, 0.1) is 17.3 Å². The fourth-order valence-corrected chi connectivity index (χ4v) is 5.24. The van der Waals surface area contributed by atoms with Crippen LogP contribution in [-0.4, -0.2) is 41.4 Å². The van der Waals surface area contributed by atoms with Crippen LogP contribution in [-0.2, 0) is 25.9 Å². The van der Waals surface area contributed by atoms with Crippen LogP contribution in [0.25, 0.3) is 0 Å². The van der Waals surface area contributed by atoms with Crippen LogP contribution in [0.3, 0.4) is 0 Å². The average molecular weight is 476 g/mol. The Morgan fingerprint density at radius 3 is 2.52 bits per heavy atom. The topological polar surface area (TPSA) is 125 Å². The number of carbonyl (C=O) groups is 1. The quantitative estimate of drug-likeness (QED) is 0.375. The number of benzene rings is 1. The van der Waals surface area contributed by atoms with E-state index in [2.05, 4.69) is 20.5 Å². The Hall–Kier alpha value is -2.49. The first-order valence-electron chi connectivity index (χ1n) is 11.3. The van der Waals surface area contributed by atoms with Crippen LogP contribution in [0.1, 0.15) is 56.6 Å². The van der Waals surface area contributed by atoms with E-state index in [0.717, 1.165) is 18.4 Å². The summed E-state index contributed by atoms with van der Waals surface area (Å²) in [6.45, 7) is 0. The number of carboxylic acids is 1. The Morgan fingerprint density at radius 1 is 1.27 bits per heavy atom. The molecule has 1 aromatic carbocycles. The molecule has 1 aliphatic carbocycles. The molecular weight excluding hydrogens is 442 g/mol. The van der Waals surface area contributed by atoms with Crippen molar-refractivity contribution < 1.29 is 23.2 Å². The molecule has 1 aliphatic rings. The second kappa shape index (κ2) is 11.6. The van der Waals surface area contributed by atoms with E-state index in [0.29, 0.717) is 30.1 Å². The summed E-state index contributed by atoms with van der Waals surface area (Å²) in [7, 11) is -3.25. The van der Waals surface area contributed by atoms with Crippen molar-refractivity contribution in [1.82, 2.24) is 9.55 Å². The maximum Gasteiger partial charge on any atom is 0.334 e. The summed E-state index contributed by atoms with van der Waals surface area (Å²) in [4.78, 5) is 20.4. The number of aliphatic carboxylic acids is 1. The van der Waals surface area contributed by atoms with Gasteiger partial charge in [-0.3, -0.25) is 4.84 Å². The normalized spacial score (nSPS) is 17.6. The molecule has 0 radical (unpaired) electrons. The van der Waals surface area contributed by atoms with Crippen LogP contribution in [0.4, 0.5) is 0 Å². The summed E-state index contributed by atoms with van der Waals surface area (Å²) in [6.07, 6.45) is 15.1. The molecule has 8 nitrogen and oxygen atoms in total. The molecule has 3 rings (SSSR count). The van der Waals surface area contributed by atoms with Gasteiger partial charge in [0.2, 0.25) is 0 Å². The number of allylic oxidation sites excluding steroid dienone is 2. The van der Waals surface area contributed by atoms with Gasteiger partial charge in [-0.05, 0) is 61.3 Å². The Labute approximate surface area is 195 Å². The molecule has 0 bridgehead atoms. The van der Waals surface area contributed by atoms with Crippen LogP contribution in [0, 0.1) is 5.92 Å². The molecule has 33 heavy (non-hydrogen) atoms. The number of nitrogens with zero attached hydrogens (tertiary/aromatic N) is 2. The van der Waals surface area contributed by atoms with Crippen molar-refractivity contribution in [3.63, 3.8) is 0 Å². The highest BCUT2D eigenvalue weighted by Crippen LogP contribution is 2.37. The van der Waals surface area contributed by atoms with Gasteiger partial charge in [-0.1, -0.05) is 37.5 Å². The average Bonchev–Trinajstić information content (AvgIpc) is 3.33. The summed E-state index contributed by atoms with van der Waals surface area (Å²) < 4.78 is 25.7. The minimum absolute atomic E-state index is 0.00163. The van der Waals surface area contributed by atoms with E-state index in [4.69, 9.17) is 5.90 Å². The molecule has 0 amide bonds. The number of sulfone groups is 1. The first-order chi connectivity index (χ1) is 15.8. The molecule has 1 saturated carbocycles. The molecule has 9 heteroatoms. The summed E-state index contributed by atoms with van der Waals surface area (Å²) >= 11 is 0. The minimum atomic E-state index is -3.25. The standard InChI is InChI=1S/C24H33N3O5S/c1-33(30,31)20-12-10-18(11-13-20)16-22(27-15-14-26-17-27)21(19-6-3-2-4-7-19)8-5-9-23(32-25)24(28)29/h8,10-15,17,19,22-23H,2-7,9,16,25H2,1H3,(H,28,29)/b21-8-. The highest BCUT2D eigenvalue weighted by Gasteiger charge is 2.26. The van der Waals surface area contributed by atoms with E-state index in [1.807, 2.05) is 18.3 Å². The zero-order valence-electron chi connectivity index (χ0n) is 19.0. The second-order valence-electron chi connectivity index (χ2n) is 8.73. The van der Waals surface area contributed by atoms with Crippen molar-refractivity contribution in [3.05, 3.63) is 60.2 Å². The highest BCUT2D eigenvalue weighted by molar-refractivity contribution is 7.90. The summed E-state index contributed by atoms with van der Waals surface area (Å²) in [5.74, 6) is 4.50. The predicted octanol–water partition coefficient (Wildman–Crippen LogP) is 3.70. The number of hydrogen-bond acceptors (Lipinski definition) is 6. The zero-order chi connectivity index (χ0) is 23.8. The van der Waals surface area contributed by atoms with E-state index < -0.39 is 21.9 Å². The SMILES string of the molecule is CS(=O)(=O)c1ccc(CC(/C(=C\CCC(ON)C(=O)O)C2CCCCC2)n2ccnc2)cc1. The van der Waals surface area contributed by atoms with Gasteiger partial charge in [0.15, 0.2) is 15.9 Å². The van der Waals surface area contributed by atoms with Crippen molar-refractivity contribution in [2.24, 2.45) is 11.8 Å². The Balaban J connectivity index is 1.90. The molecule has 180 valence electrons. The lowest BCUT2D eigenvalue weighted by Crippen LogP contribution is -2.27. The number of aromatic nitrogens is 2. The van der Waals surface area contributed by atoms with E-state index in [9.17, 15) is 18.3 Å². The van der Waals surface area contributed by atoms with Crippen molar-refractivity contribution in [2.75, 3.05) is 6.26 Å². The van der Waals surface area contributed by atoms with E-state index in [-0.39, 0.29) is 6.04 Å². The van der Waals surface area contributed by atoms with Crippen LogP contribution in [0.2, 0.25) is 0 Å². The van der Waals surface area contributed by atoms with Gasteiger partial charge in [-0.2, -0.15) is 0 Å². The van der Waals surface area contributed by atoms with Crippen molar-refractivity contribution >= 4 is 15.8 Å². The molecule has 2 atom stereocenters. The van der Waals surface area contributed by atoms with Crippen LogP contribution in [0.15, 0.2) is 59.5 Å². The third kappa shape index (κ3) is 6.99. The molecule has 3 N–H and O–H groups in total. The Morgan fingerprint density at radius 2 is 1.97 bits per heavy atom. The van der Waals surface area contributed by atoms with E-state index in [1.165, 1.54) is 31.1 Å². The molecule has 1 fully saturated rings. The van der Waals surface area contributed by atoms with Crippen molar-refractivity contribution in [1.29, 1.82) is 0 Å². The predicted molar refractivity (Wildman–Crippen MR) is 125 cm³/mol. The lowest BCUT2D eigenvalue weighted by Gasteiger charge is -2.31. The van der Waals surface area contributed by atoms with E-state index >= 15 is 0 Å². The van der Waals surface area contributed by atoms with Crippen LogP contribution in [0.5, 0.6) is 0 Å². The molecule has 2 unspecified atom stereocenters. The summed E-state index contributed by atoms with van der Waals surface area (Å²) in [6, 6.07) is 7.02. The third-order valence-corrected chi connectivity index (χ3v) is 7.50. The number of rotatable bonds is 11. The molecule has 2 aromatic rings. The van der Waals surface area contributed by atoms with Gasteiger partial charge in [-0.25, -0.2) is 24.1 Å². The second-order valence-corrected chi connectivity index (χ2v) is 10.7. The maximum atomic E-state index is 11.8. The van der Waals surface area contributed by atoms with Gasteiger partial charge < -0.3 is 9.67 Å². The number of nitrogens with two attached hydrogens (primary N) is 1. The molecule has 1 heterocycles. The van der Waals surface area contributed by atoms with Gasteiger partial charge >= 0.3 is 5.97 Å². The monoisotopic (exact) mass is 475 g/mol. The van der Waals surface area contributed by atoms with Crippen LogP contribution < -0.4 is 5.90 Å².